The molecule has 8 heteroatoms. The zero-order valence-electron chi connectivity index (χ0n) is 16.6. The number of hydrogen-bond acceptors (Lipinski definition) is 4. The first-order chi connectivity index (χ1) is 12.3. The lowest BCUT2D eigenvalue weighted by molar-refractivity contribution is 0.0186. The van der Waals surface area contributed by atoms with Crippen LogP contribution in [0.2, 0.25) is 0 Å². The van der Waals surface area contributed by atoms with Crippen molar-refractivity contribution in [2.45, 2.75) is 39.8 Å². The summed E-state index contributed by atoms with van der Waals surface area (Å²) in [5.41, 5.74) is 6.69. The number of nitrogens with zero attached hydrogens (tertiary/aromatic N) is 3. The summed E-state index contributed by atoms with van der Waals surface area (Å²) in [6, 6.07) is 7.85. The van der Waals surface area contributed by atoms with E-state index in [1.165, 1.54) is 0 Å². The van der Waals surface area contributed by atoms with E-state index in [-0.39, 0.29) is 30.1 Å². The van der Waals surface area contributed by atoms with Gasteiger partial charge in [-0.1, -0.05) is 12.1 Å². The maximum atomic E-state index is 12.1. The first-order valence-electron chi connectivity index (χ1n) is 9.03. The third-order valence-electron chi connectivity index (χ3n) is 3.89. The zero-order chi connectivity index (χ0) is 19.2. The summed E-state index contributed by atoms with van der Waals surface area (Å²) in [6.45, 7) is 11.1. The highest BCUT2D eigenvalue weighted by molar-refractivity contribution is 14.0. The lowest BCUT2D eigenvalue weighted by Crippen LogP contribution is -2.53. The first-order valence-corrected chi connectivity index (χ1v) is 9.03. The molecule has 1 saturated heterocycles. The van der Waals surface area contributed by atoms with Crippen LogP contribution in [0.15, 0.2) is 29.3 Å². The Morgan fingerprint density at radius 2 is 1.81 bits per heavy atom. The molecule has 0 unspecified atom stereocenters. The van der Waals surface area contributed by atoms with E-state index < -0.39 is 5.60 Å². The van der Waals surface area contributed by atoms with Crippen molar-refractivity contribution < 1.29 is 14.3 Å². The number of nitrogens with two attached hydrogens (primary N) is 1. The third-order valence-corrected chi connectivity index (χ3v) is 3.89. The van der Waals surface area contributed by atoms with Gasteiger partial charge in [-0.2, -0.15) is 0 Å². The molecule has 1 aromatic carbocycles. The highest BCUT2D eigenvalue weighted by Gasteiger charge is 2.26. The molecule has 27 heavy (non-hydrogen) atoms. The lowest BCUT2D eigenvalue weighted by Gasteiger charge is -2.36. The Bertz CT molecular complexity index is 638. The molecule has 0 radical (unpaired) electrons. The predicted octanol–water partition coefficient (Wildman–Crippen LogP) is 3.07. The molecule has 0 aliphatic carbocycles. The second-order valence-electron chi connectivity index (χ2n) is 7.21. The van der Waals surface area contributed by atoms with Gasteiger partial charge in [-0.25, -0.2) is 9.79 Å². The number of hydrogen-bond donors (Lipinski definition) is 1. The average Bonchev–Trinajstić information content (AvgIpc) is 2.59. The fourth-order valence-electron chi connectivity index (χ4n) is 2.62. The smallest absolute Gasteiger partial charge is 0.410 e. The molecule has 2 N–H and O–H groups in total. The third kappa shape index (κ3) is 7.82. The number of piperazine rings is 1. The molecule has 1 heterocycles. The Hall–Kier alpha value is -1.71. The molecule has 1 amide bonds. The molecule has 0 aromatic heterocycles. The van der Waals surface area contributed by atoms with Crippen molar-refractivity contribution in [2.24, 2.45) is 10.7 Å². The number of guanidine groups is 1. The standard InChI is InChI=1S/C19H30N4O3.HI/c1-5-25-16-8-6-7-15(13-16)14-21-17(20)22-9-11-23(12-10-22)18(24)26-19(2,3)4;/h6-8,13H,5,9-12,14H2,1-4H3,(H2,20,21);1H. The molecule has 7 nitrogen and oxygen atoms in total. The van der Waals surface area contributed by atoms with Crippen LogP contribution in [0.25, 0.3) is 0 Å². The minimum atomic E-state index is -0.481. The topological polar surface area (TPSA) is 80.4 Å². The fraction of sp³-hybridized carbons (Fsp3) is 0.579. The monoisotopic (exact) mass is 490 g/mol. The molecule has 0 atom stereocenters. The van der Waals surface area contributed by atoms with Crippen molar-refractivity contribution in [3.8, 4) is 5.75 Å². The maximum Gasteiger partial charge on any atom is 0.410 e. The predicted molar refractivity (Wildman–Crippen MR) is 118 cm³/mol. The van der Waals surface area contributed by atoms with Crippen LogP contribution in [0, 0.1) is 0 Å². The van der Waals surface area contributed by atoms with Gasteiger partial charge in [0.15, 0.2) is 5.96 Å². The van der Waals surface area contributed by atoms with Crippen molar-refractivity contribution >= 4 is 36.0 Å². The summed E-state index contributed by atoms with van der Waals surface area (Å²) in [5.74, 6) is 1.33. The summed E-state index contributed by atoms with van der Waals surface area (Å²) in [7, 11) is 0. The second-order valence-corrected chi connectivity index (χ2v) is 7.21. The number of carbonyl (C=O) groups excluding carboxylic acids is 1. The quantitative estimate of drug-likeness (QED) is 0.399. The van der Waals surface area contributed by atoms with E-state index in [1.807, 2.05) is 56.9 Å². The van der Waals surface area contributed by atoms with Crippen LogP contribution in [0.4, 0.5) is 4.79 Å². The Kier molecular flexibility index (Phi) is 9.14. The van der Waals surface area contributed by atoms with Gasteiger partial charge in [0.05, 0.1) is 13.2 Å². The molecule has 1 aliphatic heterocycles. The van der Waals surface area contributed by atoms with Gasteiger partial charge < -0.3 is 25.0 Å². The molecule has 0 saturated carbocycles. The van der Waals surface area contributed by atoms with Gasteiger partial charge in [0.1, 0.15) is 11.4 Å². The van der Waals surface area contributed by atoms with Gasteiger partial charge in [0.25, 0.3) is 0 Å². The largest absolute Gasteiger partial charge is 0.494 e. The van der Waals surface area contributed by atoms with Crippen molar-refractivity contribution in [3.05, 3.63) is 29.8 Å². The molecular weight excluding hydrogens is 459 g/mol. The number of rotatable bonds is 4. The Labute approximate surface area is 178 Å². The number of amides is 1. The van der Waals surface area contributed by atoms with Gasteiger partial charge in [-0.3, -0.25) is 0 Å². The molecule has 1 aliphatic rings. The Morgan fingerprint density at radius 3 is 2.41 bits per heavy atom. The van der Waals surface area contributed by atoms with E-state index in [9.17, 15) is 4.79 Å². The average molecular weight is 490 g/mol. The molecule has 0 bridgehead atoms. The summed E-state index contributed by atoms with van der Waals surface area (Å²) in [6.07, 6.45) is -0.277. The van der Waals surface area contributed by atoms with E-state index >= 15 is 0 Å². The summed E-state index contributed by atoms with van der Waals surface area (Å²) < 4.78 is 10.9. The molecular formula is C19H31IN4O3. The zero-order valence-corrected chi connectivity index (χ0v) is 18.9. The van der Waals surface area contributed by atoms with Crippen LogP contribution in [0.5, 0.6) is 5.75 Å². The van der Waals surface area contributed by atoms with E-state index in [1.54, 1.807) is 4.90 Å². The van der Waals surface area contributed by atoms with Crippen LogP contribution < -0.4 is 10.5 Å². The number of aliphatic imine (C=N–C) groups is 1. The van der Waals surface area contributed by atoms with Gasteiger partial charge in [0, 0.05) is 26.2 Å². The minimum Gasteiger partial charge on any atom is -0.494 e. The van der Waals surface area contributed by atoms with Gasteiger partial charge >= 0.3 is 6.09 Å². The Morgan fingerprint density at radius 1 is 1.19 bits per heavy atom. The normalized spacial score (nSPS) is 15.2. The maximum absolute atomic E-state index is 12.1. The summed E-state index contributed by atoms with van der Waals surface area (Å²) in [5, 5.41) is 0. The molecule has 2 rings (SSSR count). The molecule has 1 fully saturated rings. The van der Waals surface area contributed by atoms with E-state index in [0.717, 1.165) is 11.3 Å². The first kappa shape index (κ1) is 23.3. The van der Waals surface area contributed by atoms with Crippen molar-refractivity contribution in [1.82, 2.24) is 9.80 Å². The van der Waals surface area contributed by atoms with Gasteiger partial charge in [-0.15, -0.1) is 24.0 Å². The van der Waals surface area contributed by atoms with Crippen molar-refractivity contribution in [1.29, 1.82) is 0 Å². The van der Waals surface area contributed by atoms with E-state index in [4.69, 9.17) is 15.2 Å². The number of benzene rings is 1. The number of halogens is 1. The summed E-state index contributed by atoms with van der Waals surface area (Å²) in [4.78, 5) is 20.3. The SMILES string of the molecule is CCOc1cccc(CN=C(N)N2CCN(C(=O)OC(C)(C)C)CC2)c1.I. The molecule has 0 spiro atoms. The summed E-state index contributed by atoms with van der Waals surface area (Å²) >= 11 is 0. The van der Waals surface area contributed by atoms with Gasteiger partial charge in [0.2, 0.25) is 0 Å². The molecule has 1 aromatic rings. The van der Waals surface area contributed by atoms with Gasteiger partial charge in [-0.05, 0) is 45.4 Å². The van der Waals surface area contributed by atoms with Crippen LogP contribution in [0.1, 0.15) is 33.3 Å². The van der Waals surface area contributed by atoms with Crippen molar-refractivity contribution in [2.75, 3.05) is 32.8 Å². The van der Waals surface area contributed by atoms with Crippen LogP contribution in [0.3, 0.4) is 0 Å². The number of carbonyl (C=O) groups is 1. The Balaban J connectivity index is 0.00000364. The highest BCUT2D eigenvalue weighted by Crippen LogP contribution is 2.15. The number of ether oxygens (including phenoxy) is 2. The lowest BCUT2D eigenvalue weighted by atomic mass is 10.2. The van der Waals surface area contributed by atoms with Crippen LogP contribution in [-0.2, 0) is 11.3 Å². The van der Waals surface area contributed by atoms with E-state index in [2.05, 4.69) is 4.99 Å². The molecule has 152 valence electrons. The van der Waals surface area contributed by atoms with Crippen LogP contribution in [-0.4, -0.2) is 60.2 Å². The van der Waals surface area contributed by atoms with Crippen molar-refractivity contribution in [3.63, 3.8) is 0 Å². The second kappa shape index (κ2) is 10.6. The minimum absolute atomic E-state index is 0. The van der Waals surface area contributed by atoms with Crippen LogP contribution >= 0.6 is 24.0 Å². The highest BCUT2D eigenvalue weighted by atomic mass is 127. The van der Waals surface area contributed by atoms with E-state index in [0.29, 0.717) is 45.3 Å². The fourth-order valence-corrected chi connectivity index (χ4v) is 2.62.